The zero-order chi connectivity index (χ0) is 33.2. The number of hydrogen-bond donors (Lipinski definition) is 1. The molecule has 1 N–H and O–H groups in total. The molecule has 0 radical (unpaired) electrons. The van der Waals surface area contributed by atoms with Crippen molar-refractivity contribution < 1.29 is 23.8 Å². The van der Waals surface area contributed by atoms with Gasteiger partial charge in [0.1, 0.15) is 30.0 Å². The van der Waals surface area contributed by atoms with E-state index in [9.17, 15) is 14.7 Å². The number of rotatable bonds is 9. The Morgan fingerprint density at radius 2 is 1.58 bits per heavy atom. The number of carbonyl (C=O) groups excluding carboxylic acids is 2. The van der Waals surface area contributed by atoms with Gasteiger partial charge in [0.05, 0.1) is 5.57 Å². The fraction of sp³-hybridized carbons (Fsp3) is 0.105. The second-order valence-corrected chi connectivity index (χ2v) is 13.4. The number of aliphatic hydroxyl groups is 1. The molecule has 0 saturated carbocycles. The summed E-state index contributed by atoms with van der Waals surface area (Å²) in [5.41, 5.74) is 3.36. The summed E-state index contributed by atoms with van der Waals surface area (Å²) in [6.07, 6.45) is 0. The number of aliphatic hydroxyl groups excluding tert-OH is 1. The third-order valence-corrected chi connectivity index (χ3v) is 10.4. The highest BCUT2D eigenvalue weighted by atomic mass is 32.2. The van der Waals surface area contributed by atoms with E-state index >= 15 is 4.39 Å². The van der Waals surface area contributed by atoms with E-state index in [4.69, 9.17) is 4.74 Å². The van der Waals surface area contributed by atoms with E-state index in [1.54, 1.807) is 30.3 Å². The second kappa shape index (κ2) is 13.4. The number of nitrogens with zero attached hydrogens (tertiary/aromatic N) is 3. The monoisotopic (exact) mass is 673 g/mol. The number of ketones is 1. The summed E-state index contributed by atoms with van der Waals surface area (Å²) in [4.78, 5) is 28.3. The van der Waals surface area contributed by atoms with Crippen LogP contribution in [0.2, 0.25) is 0 Å². The van der Waals surface area contributed by atoms with Crippen LogP contribution in [0.1, 0.15) is 33.9 Å². The summed E-state index contributed by atoms with van der Waals surface area (Å²) >= 11 is 2.58. The first-order valence-corrected chi connectivity index (χ1v) is 17.0. The molecule has 1 aromatic heterocycles. The van der Waals surface area contributed by atoms with Gasteiger partial charge in [0, 0.05) is 16.9 Å². The van der Waals surface area contributed by atoms with Gasteiger partial charge in [0.15, 0.2) is 4.34 Å². The lowest BCUT2D eigenvalue weighted by molar-refractivity contribution is -0.132. The van der Waals surface area contributed by atoms with E-state index in [2.05, 4.69) is 34.5 Å². The van der Waals surface area contributed by atoms with Gasteiger partial charge in [-0.25, -0.2) is 4.39 Å². The molecule has 1 amide bonds. The maximum atomic E-state index is 15.4. The quantitative estimate of drug-likeness (QED) is 0.0540. The zero-order valence-corrected chi connectivity index (χ0v) is 27.3. The number of benzene rings is 5. The lowest BCUT2D eigenvalue weighted by Crippen LogP contribution is -2.29. The van der Waals surface area contributed by atoms with Crippen LogP contribution >= 0.6 is 23.1 Å². The first kappa shape index (κ1) is 31.3. The average molecular weight is 674 g/mol. The highest BCUT2D eigenvalue weighted by Gasteiger charge is 2.49. The molecular weight excluding hydrogens is 646 g/mol. The SMILES string of the molecule is Cc1ccccc1COc1ccc(C(O)=C2C(=O)C(=O)N(c3nnc(SCc4cccc5ccccc45)s3)C2c2ccccc2F)cc1. The van der Waals surface area contributed by atoms with Gasteiger partial charge in [-0.05, 0) is 64.7 Å². The lowest BCUT2D eigenvalue weighted by atomic mass is 9.95. The van der Waals surface area contributed by atoms with Gasteiger partial charge in [-0.15, -0.1) is 10.2 Å². The highest BCUT2D eigenvalue weighted by molar-refractivity contribution is 8.00. The number of carbonyl (C=O) groups is 2. The Labute approximate surface area is 284 Å². The van der Waals surface area contributed by atoms with Crippen LogP contribution in [0.25, 0.3) is 16.5 Å². The number of hydrogen-bond acceptors (Lipinski definition) is 8. The molecule has 2 heterocycles. The zero-order valence-electron chi connectivity index (χ0n) is 25.7. The lowest BCUT2D eigenvalue weighted by Gasteiger charge is -2.22. The van der Waals surface area contributed by atoms with Gasteiger partial charge in [-0.3, -0.25) is 14.5 Å². The minimum Gasteiger partial charge on any atom is -0.507 e. The number of aromatic nitrogens is 2. The number of fused-ring (bicyclic) bond motifs is 1. The Morgan fingerprint density at radius 3 is 2.40 bits per heavy atom. The van der Waals surface area contributed by atoms with Crippen molar-refractivity contribution in [2.45, 2.75) is 29.7 Å². The molecule has 10 heteroatoms. The van der Waals surface area contributed by atoms with E-state index in [1.807, 2.05) is 49.4 Å². The predicted molar refractivity (Wildman–Crippen MR) is 187 cm³/mol. The Kier molecular flexibility index (Phi) is 8.75. The van der Waals surface area contributed by atoms with Crippen molar-refractivity contribution >= 4 is 56.5 Å². The third-order valence-electron chi connectivity index (χ3n) is 8.26. The standard InChI is InChI=1S/C38H28FN3O4S2/c1-23-9-2-3-11-26(23)21-46-28-19-17-25(18-20-28)34(43)32-33(30-15-6-7-16-31(30)39)42(36(45)35(32)44)37-40-41-38(48-37)47-22-27-13-8-12-24-10-4-5-14-29(24)27/h2-20,33,43H,21-22H2,1H3. The van der Waals surface area contributed by atoms with Crippen LogP contribution in [-0.2, 0) is 21.9 Å². The highest BCUT2D eigenvalue weighted by Crippen LogP contribution is 2.45. The molecule has 238 valence electrons. The Morgan fingerprint density at radius 1 is 0.875 bits per heavy atom. The molecule has 7 rings (SSSR count). The number of Topliss-reactive ketones (excluding diaryl/α,β-unsaturated/α-hetero) is 1. The molecule has 1 unspecified atom stereocenters. The molecule has 1 atom stereocenters. The summed E-state index contributed by atoms with van der Waals surface area (Å²) in [5.74, 6) is -1.76. The Bertz CT molecular complexity index is 2190. The minimum absolute atomic E-state index is 0.0524. The molecule has 0 bridgehead atoms. The van der Waals surface area contributed by atoms with Crippen LogP contribution < -0.4 is 9.64 Å². The topological polar surface area (TPSA) is 92.6 Å². The van der Waals surface area contributed by atoms with Gasteiger partial charge in [0.2, 0.25) is 5.13 Å². The van der Waals surface area contributed by atoms with Gasteiger partial charge < -0.3 is 9.84 Å². The molecular formula is C38H28FN3O4S2. The van der Waals surface area contributed by atoms with Gasteiger partial charge >= 0.3 is 5.91 Å². The van der Waals surface area contributed by atoms with Gasteiger partial charge in [-0.2, -0.15) is 0 Å². The first-order valence-electron chi connectivity index (χ1n) is 15.1. The van der Waals surface area contributed by atoms with Crippen molar-refractivity contribution in [3.63, 3.8) is 0 Å². The number of ether oxygens (including phenoxy) is 1. The molecule has 5 aromatic carbocycles. The second-order valence-electron chi connectivity index (χ2n) is 11.2. The van der Waals surface area contributed by atoms with Crippen LogP contribution in [0.3, 0.4) is 0 Å². The molecule has 6 aromatic rings. The van der Waals surface area contributed by atoms with Crippen LogP contribution in [0.5, 0.6) is 5.75 Å². The van der Waals surface area contributed by atoms with Crippen molar-refractivity contribution in [3.8, 4) is 5.75 Å². The fourth-order valence-corrected chi connectivity index (χ4v) is 7.61. The third kappa shape index (κ3) is 6.08. The molecule has 1 aliphatic heterocycles. The summed E-state index contributed by atoms with van der Waals surface area (Å²) in [6, 6.07) is 33.3. The van der Waals surface area contributed by atoms with E-state index in [-0.39, 0.29) is 21.8 Å². The first-order chi connectivity index (χ1) is 23.4. The van der Waals surface area contributed by atoms with E-state index in [0.717, 1.165) is 43.7 Å². The largest absolute Gasteiger partial charge is 0.507 e. The van der Waals surface area contributed by atoms with Crippen molar-refractivity contribution in [1.29, 1.82) is 0 Å². The van der Waals surface area contributed by atoms with E-state index in [1.165, 1.54) is 30.0 Å². The summed E-state index contributed by atoms with van der Waals surface area (Å²) in [5, 5.41) is 22.4. The average Bonchev–Trinajstić information content (AvgIpc) is 3.68. The van der Waals surface area contributed by atoms with Gasteiger partial charge in [-0.1, -0.05) is 108 Å². The number of halogens is 1. The fourth-order valence-electron chi connectivity index (χ4n) is 5.73. The summed E-state index contributed by atoms with van der Waals surface area (Å²) in [7, 11) is 0. The normalized spacial score (nSPS) is 15.7. The summed E-state index contributed by atoms with van der Waals surface area (Å²) in [6.45, 7) is 2.37. The smallest absolute Gasteiger partial charge is 0.301 e. The van der Waals surface area contributed by atoms with Crippen LogP contribution in [0, 0.1) is 12.7 Å². The van der Waals surface area contributed by atoms with E-state index in [0.29, 0.717) is 22.4 Å². The molecule has 1 saturated heterocycles. The van der Waals surface area contributed by atoms with Crippen LogP contribution in [-0.4, -0.2) is 27.0 Å². The van der Waals surface area contributed by atoms with E-state index < -0.39 is 29.3 Å². The van der Waals surface area contributed by atoms with Gasteiger partial charge in [0.25, 0.3) is 5.78 Å². The van der Waals surface area contributed by atoms with Crippen LogP contribution in [0.4, 0.5) is 9.52 Å². The van der Waals surface area contributed by atoms with Crippen LogP contribution in [0.15, 0.2) is 125 Å². The molecule has 48 heavy (non-hydrogen) atoms. The molecule has 1 aliphatic rings. The Balaban J connectivity index is 1.18. The van der Waals surface area contributed by atoms with Crippen molar-refractivity contribution in [3.05, 3.63) is 154 Å². The number of amides is 1. The maximum absolute atomic E-state index is 15.4. The van der Waals surface area contributed by atoms with Crippen molar-refractivity contribution in [1.82, 2.24) is 10.2 Å². The predicted octanol–water partition coefficient (Wildman–Crippen LogP) is 8.64. The molecule has 1 fully saturated rings. The Hall–Kier alpha value is -5.32. The number of aryl methyl sites for hydroxylation is 1. The maximum Gasteiger partial charge on any atom is 0.301 e. The number of thioether (sulfide) groups is 1. The summed E-state index contributed by atoms with van der Waals surface area (Å²) < 4.78 is 21.9. The van der Waals surface area contributed by atoms with Crippen molar-refractivity contribution in [2.24, 2.45) is 0 Å². The molecule has 0 spiro atoms. The molecule has 7 nitrogen and oxygen atoms in total. The molecule has 0 aliphatic carbocycles. The minimum atomic E-state index is -1.26. The number of anilines is 1. The van der Waals surface area contributed by atoms with Crippen molar-refractivity contribution in [2.75, 3.05) is 4.90 Å².